The molecule has 0 amide bonds. The predicted octanol–water partition coefficient (Wildman–Crippen LogP) is 4.57. The molecular weight excluding hydrogens is 378 g/mol. The van der Waals surface area contributed by atoms with Gasteiger partial charge < -0.3 is 4.43 Å². The van der Waals surface area contributed by atoms with Gasteiger partial charge >= 0.3 is 0 Å². The van der Waals surface area contributed by atoms with Gasteiger partial charge in [-0.2, -0.15) is 0 Å². The second-order valence-corrected chi connectivity index (χ2v) is 21.9. The first-order valence-electron chi connectivity index (χ1n) is 9.11. The van der Waals surface area contributed by atoms with Gasteiger partial charge in [-0.05, 0) is 40.0 Å². The van der Waals surface area contributed by atoms with E-state index in [1.165, 1.54) is 0 Å². The molecular formula is C19H37NO3SSi2. The molecule has 150 valence electrons. The van der Waals surface area contributed by atoms with Crippen molar-refractivity contribution in [1.29, 1.82) is 0 Å². The van der Waals surface area contributed by atoms with E-state index in [1.807, 2.05) is 12.1 Å². The Morgan fingerprint density at radius 2 is 1.46 bits per heavy atom. The number of nitrogens with two attached hydrogens (primary N) is 1. The molecule has 26 heavy (non-hydrogen) atoms. The van der Waals surface area contributed by atoms with Gasteiger partial charge in [-0.25, -0.2) is 13.6 Å². The lowest BCUT2D eigenvalue weighted by Gasteiger charge is -2.39. The van der Waals surface area contributed by atoms with Gasteiger partial charge in [0.1, 0.15) is 0 Å². The zero-order valence-corrected chi connectivity index (χ0v) is 21.0. The number of benzene rings is 1. The van der Waals surface area contributed by atoms with Crippen LogP contribution < -0.4 is 10.3 Å². The summed E-state index contributed by atoms with van der Waals surface area (Å²) in [5, 5.41) is 6.55. The van der Waals surface area contributed by atoms with Gasteiger partial charge in [0.15, 0.2) is 8.32 Å². The van der Waals surface area contributed by atoms with E-state index in [0.717, 1.165) is 10.8 Å². The standard InChI is InChI=1S/C19H37NO3SSi2/c1-18(2,3)25(7,8)17-13-15(11-12-16(17)24(20,21)22)14-23-26(9,10)19(4,5)6/h11-13H,14H2,1-10H3,(H2,20,21,22). The summed E-state index contributed by atoms with van der Waals surface area (Å²) in [4.78, 5) is 0.264. The minimum absolute atomic E-state index is 0.00531. The van der Waals surface area contributed by atoms with Gasteiger partial charge in [0.2, 0.25) is 10.0 Å². The number of hydrogen-bond donors (Lipinski definition) is 1. The summed E-state index contributed by atoms with van der Waals surface area (Å²) < 4.78 is 30.7. The Hall–Kier alpha value is -0.476. The molecule has 7 heteroatoms. The van der Waals surface area contributed by atoms with Crippen molar-refractivity contribution in [1.82, 2.24) is 0 Å². The Morgan fingerprint density at radius 1 is 0.962 bits per heavy atom. The summed E-state index contributed by atoms with van der Waals surface area (Å²) in [6.45, 7) is 22.5. The molecule has 0 aromatic heterocycles. The molecule has 0 aliphatic carbocycles. The third kappa shape index (κ3) is 5.07. The first-order chi connectivity index (χ1) is 11.3. The monoisotopic (exact) mass is 415 g/mol. The van der Waals surface area contributed by atoms with E-state index in [2.05, 4.69) is 67.7 Å². The minimum Gasteiger partial charge on any atom is -0.413 e. The molecule has 0 saturated heterocycles. The maximum absolute atomic E-state index is 12.2. The quantitative estimate of drug-likeness (QED) is 0.716. The topological polar surface area (TPSA) is 69.4 Å². The maximum Gasteiger partial charge on any atom is 0.237 e. The van der Waals surface area contributed by atoms with Gasteiger partial charge in [-0.1, -0.05) is 66.8 Å². The van der Waals surface area contributed by atoms with Crippen LogP contribution in [-0.2, 0) is 21.1 Å². The lowest BCUT2D eigenvalue weighted by molar-refractivity contribution is 0.276. The highest BCUT2D eigenvalue weighted by Gasteiger charge is 2.40. The molecule has 1 rings (SSSR count). The van der Waals surface area contributed by atoms with Gasteiger partial charge in [0, 0.05) is 0 Å². The molecule has 0 radical (unpaired) electrons. The Labute approximate surface area is 162 Å². The van der Waals surface area contributed by atoms with Crippen LogP contribution in [0.2, 0.25) is 36.3 Å². The van der Waals surface area contributed by atoms with Gasteiger partial charge in [0.05, 0.1) is 19.6 Å². The van der Waals surface area contributed by atoms with Crippen LogP contribution in [0.4, 0.5) is 0 Å². The van der Waals surface area contributed by atoms with E-state index in [4.69, 9.17) is 9.56 Å². The summed E-state index contributed by atoms with van der Waals surface area (Å²) in [7, 11) is -7.71. The highest BCUT2D eigenvalue weighted by atomic mass is 32.2. The van der Waals surface area contributed by atoms with Crippen molar-refractivity contribution < 1.29 is 12.8 Å². The lowest BCUT2D eigenvalue weighted by atomic mass is 10.2. The molecule has 0 spiro atoms. The van der Waals surface area contributed by atoms with Crippen molar-refractivity contribution in [2.24, 2.45) is 5.14 Å². The average molecular weight is 416 g/mol. The zero-order chi connectivity index (χ0) is 20.8. The molecule has 0 aliphatic rings. The highest BCUT2D eigenvalue weighted by molar-refractivity contribution is 7.89. The fraction of sp³-hybridized carbons (Fsp3) is 0.684. The largest absolute Gasteiger partial charge is 0.413 e. The number of primary sulfonamides is 1. The van der Waals surface area contributed by atoms with Gasteiger partial charge in [0.25, 0.3) is 0 Å². The molecule has 0 atom stereocenters. The molecule has 0 bridgehead atoms. The van der Waals surface area contributed by atoms with Gasteiger partial charge in [-0.15, -0.1) is 0 Å². The van der Waals surface area contributed by atoms with Crippen molar-refractivity contribution in [2.75, 3.05) is 0 Å². The van der Waals surface area contributed by atoms with E-state index in [-0.39, 0.29) is 15.0 Å². The molecule has 0 heterocycles. The van der Waals surface area contributed by atoms with Gasteiger partial charge in [-0.3, -0.25) is 0 Å². The van der Waals surface area contributed by atoms with Crippen molar-refractivity contribution >= 4 is 31.6 Å². The second-order valence-electron chi connectivity index (χ2n) is 10.3. The molecule has 0 fully saturated rings. The smallest absolute Gasteiger partial charge is 0.237 e. The number of hydrogen-bond acceptors (Lipinski definition) is 3. The van der Waals surface area contributed by atoms with Crippen molar-refractivity contribution in [2.45, 2.75) is 89.3 Å². The molecule has 0 unspecified atom stereocenters. The second kappa shape index (κ2) is 7.16. The highest BCUT2D eigenvalue weighted by Crippen LogP contribution is 2.38. The first-order valence-corrected chi connectivity index (χ1v) is 16.6. The summed E-state index contributed by atoms with van der Waals surface area (Å²) in [5.41, 5.74) is 1.02. The van der Waals surface area contributed by atoms with Crippen LogP contribution in [0, 0.1) is 0 Å². The first kappa shape index (κ1) is 23.6. The van der Waals surface area contributed by atoms with Crippen LogP contribution in [0.15, 0.2) is 23.1 Å². The molecule has 0 aliphatic heterocycles. The summed E-state index contributed by atoms with van der Waals surface area (Å²) in [6.07, 6.45) is 0. The Bertz CT molecular complexity index is 758. The molecule has 0 saturated carbocycles. The third-order valence-electron chi connectivity index (χ3n) is 6.30. The number of rotatable bonds is 5. The van der Waals surface area contributed by atoms with E-state index in [9.17, 15) is 8.42 Å². The third-order valence-corrected chi connectivity index (χ3v) is 17.4. The summed E-state index contributed by atoms with van der Waals surface area (Å²) in [6, 6.07) is 5.52. The number of sulfonamides is 1. The average Bonchev–Trinajstić information content (AvgIpc) is 2.41. The van der Waals surface area contributed by atoms with E-state index >= 15 is 0 Å². The maximum atomic E-state index is 12.2. The minimum atomic E-state index is -3.76. The predicted molar refractivity (Wildman–Crippen MR) is 117 cm³/mol. The van der Waals surface area contributed by atoms with Crippen LogP contribution in [0.3, 0.4) is 0 Å². The van der Waals surface area contributed by atoms with Crippen LogP contribution in [0.5, 0.6) is 0 Å². The molecule has 2 N–H and O–H groups in total. The van der Waals surface area contributed by atoms with E-state index < -0.39 is 26.4 Å². The SMILES string of the molecule is CC(C)(C)[Si](C)(C)OCc1ccc(S(N)(=O)=O)c([Si](C)(C)C(C)(C)C)c1. The normalized spacial score (nSPS) is 14.6. The van der Waals surface area contributed by atoms with Crippen LogP contribution in [-0.4, -0.2) is 24.8 Å². The van der Waals surface area contributed by atoms with Crippen molar-refractivity contribution in [3.63, 3.8) is 0 Å². The summed E-state index contributed by atoms with van der Waals surface area (Å²) >= 11 is 0. The zero-order valence-electron chi connectivity index (χ0n) is 18.1. The van der Waals surface area contributed by atoms with E-state index in [1.54, 1.807) is 6.07 Å². The van der Waals surface area contributed by atoms with Crippen LogP contribution in [0.25, 0.3) is 0 Å². The molecule has 1 aromatic carbocycles. The van der Waals surface area contributed by atoms with Crippen LogP contribution in [0.1, 0.15) is 47.1 Å². The molecule has 1 aromatic rings. The van der Waals surface area contributed by atoms with Crippen LogP contribution >= 0.6 is 0 Å². The lowest BCUT2D eigenvalue weighted by Crippen LogP contribution is -2.52. The Kier molecular flexibility index (Phi) is 6.49. The fourth-order valence-electron chi connectivity index (χ4n) is 2.29. The summed E-state index contributed by atoms with van der Waals surface area (Å²) in [5.74, 6) is 0. The molecule has 4 nitrogen and oxygen atoms in total. The Morgan fingerprint density at radius 3 is 1.85 bits per heavy atom. The fourth-order valence-corrected chi connectivity index (χ4v) is 7.12. The Balaban J connectivity index is 3.39. The van der Waals surface area contributed by atoms with Crippen molar-refractivity contribution in [3.8, 4) is 0 Å². The van der Waals surface area contributed by atoms with Crippen molar-refractivity contribution in [3.05, 3.63) is 23.8 Å². The van der Waals surface area contributed by atoms with E-state index in [0.29, 0.717) is 6.61 Å².